The van der Waals surface area contributed by atoms with E-state index in [0.29, 0.717) is 19.6 Å². The maximum atomic E-state index is 11.7. The SMILES string of the molecule is Cc1ccc(C)c(OCCC(=O)NCCc2cnc[nH]2)c1. The Balaban J connectivity index is 1.66. The van der Waals surface area contributed by atoms with Gasteiger partial charge in [0.1, 0.15) is 5.75 Å². The van der Waals surface area contributed by atoms with E-state index in [9.17, 15) is 4.79 Å². The molecule has 0 bridgehead atoms. The maximum Gasteiger partial charge on any atom is 0.223 e. The van der Waals surface area contributed by atoms with Crippen molar-refractivity contribution in [1.82, 2.24) is 15.3 Å². The summed E-state index contributed by atoms with van der Waals surface area (Å²) in [5.74, 6) is 0.847. The third-order valence-electron chi connectivity index (χ3n) is 3.20. The number of rotatable bonds is 7. The number of aryl methyl sites for hydroxylation is 2. The van der Waals surface area contributed by atoms with Gasteiger partial charge in [-0.15, -0.1) is 0 Å². The first kappa shape index (κ1) is 15.1. The van der Waals surface area contributed by atoms with Crippen LogP contribution in [0.4, 0.5) is 0 Å². The number of H-pyrrole nitrogens is 1. The van der Waals surface area contributed by atoms with Crippen LogP contribution in [0, 0.1) is 13.8 Å². The molecule has 5 nitrogen and oxygen atoms in total. The number of nitrogens with zero attached hydrogens (tertiary/aromatic N) is 1. The van der Waals surface area contributed by atoms with Gasteiger partial charge in [-0.05, 0) is 31.0 Å². The van der Waals surface area contributed by atoms with Crippen molar-refractivity contribution in [3.63, 3.8) is 0 Å². The van der Waals surface area contributed by atoms with Gasteiger partial charge < -0.3 is 15.0 Å². The number of aromatic nitrogens is 2. The fourth-order valence-electron chi connectivity index (χ4n) is 1.96. The smallest absolute Gasteiger partial charge is 0.223 e. The molecule has 1 heterocycles. The molecule has 0 spiro atoms. The molecular formula is C16H21N3O2. The zero-order valence-corrected chi connectivity index (χ0v) is 12.5. The maximum absolute atomic E-state index is 11.7. The third kappa shape index (κ3) is 4.95. The zero-order chi connectivity index (χ0) is 15.1. The second-order valence-electron chi connectivity index (χ2n) is 5.04. The second-order valence-corrected chi connectivity index (χ2v) is 5.04. The molecule has 0 aliphatic carbocycles. The molecule has 2 rings (SSSR count). The minimum absolute atomic E-state index is 0.000165. The van der Waals surface area contributed by atoms with E-state index in [4.69, 9.17) is 4.74 Å². The molecule has 0 radical (unpaired) electrons. The fraction of sp³-hybridized carbons (Fsp3) is 0.375. The van der Waals surface area contributed by atoms with Crippen molar-refractivity contribution in [2.45, 2.75) is 26.7 Å². The van der Waals surface area contributed by atoms with Crippen LogP contribution in [0.25, 0.3) is 0 Å². The Morgan fingerprint density at radius 3 is 3.00 bits per heavy atom. The van der Waals surface area contributed by atoms with E-state index in [0.717, 1.165) is 29.0 Å². The van der Waals surface area contributed by atoms with Crippen LogP contribution in [-0.4, -0.2) is 29.0 Å². The molecule has 2 N–H and O–H groups in total. The Morgan fingerprint density at radius 1 is 1.38 bits per heavy atom. The van der Waals surface area contributed by atoms with Crippen LogP contribution in [0.2, 0.25) is 0 Å². The van der Waals surface area contributed by atoms with Crippen molar-refractivity contribution in [3.05, 3.63) is 47.5 Å². The Labute approximate surface area is 124 Å². The number of hydrogen-bond donors (Lipinski definition) is 2. The summed E-state index contributed by atoms with van der Waals surface area (Å²) < 4.78 is 5.66. The summed E-state index contributed by atoms with van der Waals surface area (Å²) in [5.41, 5.74) is 3.25. The zero-order valence-electron chi connectivity index (χ0n) is 12.5. The summed E-state index contributed by atoms with van der Waals surface area (Å²) >= 11 is 0. The standard InChI is InChI=1S/C16H21N3O2/c1-12-3-4-13(2)15(9-12)21-8-6-16(20)18-7-5-14-10-17-11-19-14/h3-4,9-11H,5-8H2,1-2H3,(H,17,19)(H,18,20). The number of carbonyl (C=O) groups is 1. The highest BCUT2D eigenvalue weighted by Crippen LogP contribution is 2.19. The highest BCUT2D eigenvalue weighted by Gasteiger charge is 2.04. The van der Waals surface area contributed by atoms with Crippen molar-refractivity contribution in [1.29, 1.82) is 0 Å². The van der Waals surface area contributed by atoms with Crippen LogP contribution < -0.4 is 10.1 Å². The number of amides is 1. The van der Waals surface area contributed by atoms with Gasteiger partial charge in [0, 0.05) is 24.9 Å². The van der Waals surface area contributed by atoms with Crippen molar-refractivity contribution >= 4 is 5.91 Å². The van der Waals surface area contributed by atoms with Gasteiger partial charge in [-0.25, -0.2) is 4.98 Å². The van der Waals surface area contributed by atoms with Gasteiger partial charge in [-0.1, -0.05) is 12.1 Å². The first-order valence-electron chi connectivity index (χ1n) is 7.09. The first-order chi connectivity index (χ1) is 10.1. The third-order valence-corrected chi connectivity index (χ3v) is 3.20. The van der Waals surface area contributed by atoms with E-state index in [1.165, 1.54) is 0 Å². The highest BCUT2D eigenvalue weighted by atomic mass is 16.5. The van der Waals surface area contributed by atoms with Crippen molar-refractivity contribution in [3.8, 4) is 5.75 Å². The molecule has 1 amide bonds. The van der Waals surface area contributed by atoms with Gasteiger partial charge in [0.05, 0.1) is 19.4 Å². The summed E-state index contributed by atoms with van der Waals surface area (Å²) in [5, 5.41) is 2.87. The average Bonchev–Trinajstić information content (AvgIpc) is 2.96. The number of hydrogen-bond acceptors (Lipinski definition) is 3. The van der Waals surface area contributed by atoms with Crippen LogP contribution >= 0.6 is 0 Å². The van der Waals surface area contributed by atoms with Crippen molar-refractivity contribution < 1.29 is 9.53 Å². The molecule has 0 saturated carbocycles. The van der Waals surface area contributed by atoms with Gasteiger partial charge in [-0.3, -0.25) is 4.79 Å². The topological polar surface area (TPSA) is 67.0 Å². The van der Waals surface area contributed by atoms with E-state index >= 15 is 0 Å². The van der Waals surface area contributed by atoms with Gasteiger partial charge in [0.25, 0.3) is 0 Å². The number of ether oxygens (including phenoxy) is 1. The normalized spacial score (nSPS) is 10.4. The van der Waals surface area contributed by atoms with Gasteiger partial charge >= 0.3 is 0 Å². The lowest BCUT2D eigenvalue weighted by Crippen LogP contribution is -2.27. The first-order valence-corrected chi connectivity index (χ1v) is 7.09. The van der Waals surface area contributed by atoms with Gasteiger partial charge in [0.15, 0.2) is 0 Å². The summed E-state index contributed by atoms with van der Waals surface area (Å²) in [6, 6.07) is 6.06. The van der Waals surface area contributed by atoms with E-state index in [-0.39, 0.29) is 5.91 Å². The minimum Gasteiger partial charge on any atom is -0.493 e. The van der Waals surface area contributed by atoms with Crippen molar-refractivity contribution in [2.75, 3.05) is 13.2 Å². The van der Waals surface area contributed by atoms with Crippen molar-refractivity contribution in [2.24, 2.45) is 0 Å². The van der Waals surface area contributed by atoms with Crippen LogP contribution in [0.1, 0.15) is 23.2 Å². The summed E-state index contributed by atoms with van der Waals surface area (Å²) in [4.78, 5) is 18.6. The molecule has 0 aliphatic heterocycles. The largest absolute Gasteiger partial charge is 0.493 e. The number of aromatic amines is 1. The number of imidazole rings is 1. The Kier molecular flexibility index (Phi) is 5.37. The highest BCUT2D eigenvalue weighted by molar-refractivity contribution is 5.75. The van der Waals surface area contributed by atoms with E-state index < -0.39 is 0 Å². The van der Waals surface area contributed by atoms with Gasteiger partial charge in [-0.2, -0.15) is 0 Å². The monoisotopic (exact) mass is 287 g/mol. The molecule has 0 aliphatic rings. The lowest BCUT2D eigenvalue weighted by Gasteiger charge is -2.10. The van der Waals surface area contributed by atoms with Crippen LogP contribution in [0.5, 0.6) is 5.75 Å². The molecule has 5 heteroatoms. The quantitative estimate of drug-likeness (QED) is 0.820. The molecule has 112 valence electrons. The average molecular weight is 287 g/mol. The molecule has 1 aromatic heterocycles. The number of nitrogens with one attached hydrogen (secondary N) is 2. The minimum atomic E-state index is -0.000165. The molecule has 2 aromatic rings. The predicted octanol–water partition coefficient (Wildman–Crippen LogP) is 2.15. The second kappa shape index (κ2) is 7.47. The molecule has 21 heavy (non-hydrogen) atoms. The molecular weight excluding hydrogens is 266 g/mol. The number of carbonyl (C=O) groups excluding carboxylic acids is 1. The molecule has 0 fully saturated rings. The van der Waals surface area contributed by atoms with Gasteiger partial charge in [0.2, 0.25) is 5.91 Å². The molecule has 0 atom stereocenters. The van der Waals surface area contributed by atoms with Crippen LogP contribution in [0.15, 0.2) is 30.7 Å². The van der Waals surface area contributed by atoms with Crippen LogP contribution in [-0.2, 0) is 11.2 Å². The summed E-state index contributed by atoms with van der Waals surface area (Å²) in [7, 11) is 0. The fourth-order valence-corrected chi connectivity index (χ4v) is 1.96. The number of benzene rings is 1. The van der Waals surface area contributed by atoms with E-state index in [1.54, 1.807) is 12.5 Å². The van der Waals surface area contributed by atoms with Crippen LogP contribution in [0.3, 0.4) is 0 Å². The Hall–Kier alpha value is -2.30. The lowest BCUT2D eigenvalue weighted by molar-refractivity contribution is -0.121. The lowest BCUT2D eigenvalue weighted by atomic mass is 10.1. The summed E-state index contributed by atoms with van der Waals surface area (Å²) in [6.45, 7) is 5.01. The Bertz CT molecular complexity index is 579. The van der Waals surface area contributed by atoms with E-state index in [1.807, 2.05) is 32.0 Å². The molecule has 0 unspecified atom stereocenters. The van der Waals surface area contributed by atoms with E-state index in [2.05, 4.69) is 15.3 Å². The predicted molar refractivity (Wildman–Crippen MR) is 81.3 cm³/mol. The molecule has 0 saturated heterocycles. The Morgan fingerprint density at radius 2 is 2.24 bits per heavy atom. The summed E-state index contributed by atoms with van der Waals surface area (Å²) in [6.07, 6.45) is 4.50. The molecule has 1 aromatic carbocycles.